The number of aliphatic imine (C=N–C) groups is 1. The first-order chi connectivity index (χ1) is 20.1. The van der Waals surface area contributed by atoms with Crippen LogP contribution in [0.4, 0.5) is 0 Å². The van der Waals surface area contributed by atoms with E-state index in [2.05, 4.69) is 52.0 Å². The Morgan fingerprint density at radius 2 is 1.31 bits per heavy atom. The summed E-state index contributed by atoms with van der Waals surface area (Å²) in [6, 6.07) is 27.0. The molecule has 0 saturated heterocycles. The Morgan fingerprint density at radius 3 is 1.74 bits per heavy atom. The lowest BCUT2D eigenvalue weighted by atomic mass is 9.84. The molecule has 0 bridgehead atoms. The van der Waals surface area contributed by atoms with Crippen LogP contribution >= 0.6 is 11.8 Å². The van der Waals surface area contributed by atoms with E-state index < -0.39 is 40.7 Å². The number of aliphatic carboxylic acids is 1. The number of benzene rings is 3. The fraction of sp³-hybridized carbons (Fsp3) is 0.290. The highest BCUT2D eigenvalue weighted by atomic mass is 32.2. The molecular weight excluding hydrogens is 552 g/mol. The number of carbonyl (C=O) groups excluding carboxylic acids is 2. The van der Waals surface area contributed by atoms with Gasteiger partial charge in [-0.25, -0.2) is 4.79 Å². The van der Waals surface area contributed by atoms with Gasteiger partial charge in [-0.1, -0.05) is 91.0 Å². The van der Waals surface area contributed by atoms with Crippen molar-refractivity contribution in [2.24, 2.45) is 22.2 Å². The Balaban J connectivity index is 1.72. The molecule has 2 amide bonds. The fourth-order valence-corrected chi connectivity index (χ4v) is 5.99. The third-order valence-electron chi connectivity index (χ3n) is 6.67. The zero-order chi connectivity index (χ0) is 30.5. The molecule has 11 heteroatoms. The van der Waals surface area contributed by atoms with Crippen LogP contribution in [0, 0.1) is 0 Å². The molecule has 3 aromatic carbocycles. The van der Waals surface area contributed by atoms with E-state index in [1.54, 1.807) is 0 Å². The van der Waals surface area contributed by atoms with Crippen LogP contribution in [0.25, 0.3) is 0 Å². The van der Waals surface area contributed by atoms with Gasteiger partial charge in [-0.2, -0.15) is 0 Å². The van der Waals surface area contributed by atoms with Crippen LogP contribution in [-0.2, 0) is 19.1 Å². The largest absolute Gasteiger partial charge is 0.480 e. The highest BCUT2D eigenvalue weighted by Gasteiger charge is 2.38. The highest BCUT2D eigenvalue weighted by Crippen LogP contribution is 2.48. The van der Waals surface area contributed by atoms with Gasteiger partial charge in [0.05, 0.1) is 10.8 Å². The lowest BCUT2D eigenvalue weighted by Crippen LogP contribution is -2.53. The number of carboxylic acids is 1. The van der Waals surface area contributed by atoms with Gasteiger partial charge in [0.2, 0.25) is 11.8 Å². The number of nitrogens with zero attached hydrogens (tertiary/aromatic N) is 1. The second kappa shape index (κ2) is 15.6. The molecule has 42 heavy (non-hydrogen) atoms. The summed E-state index contributed by atoms with van der Waals surface area (Å²) < 4.78 is -0.655. The molecule has 0 heterocycles. The van der Waals surface area contributed by atoms with Crippen molar-refractivity contribution in [2.75, 3.05) is 12.3 Å². The maximum Gasteiger partial charge on any atom is 0.326 e. The molecule has 0 aliphatic rings. The topological polar surface area (TPSA) is 186 Å². The first-order valence-corrected chi connectivity index (χ1v) is 14.6. The minimum atomic E-state index is -1.20. The summed E-state index contributed by atoms with van der Waals surface area (Å²) in [4.78, 5) is 41.3. The predicted octanol–water partition coefficient (Wildman–Crippen LogP) is 2.17. The van der Waals surface area contributed by atoms with Crippen LogP contribution in [0.2, 0.25) is 0 Å². The van der Waals surface area contributed by atoms with Crippen molar-refractivity contribution >= 4 is 35.5 Å². The van der Waals surface area contributed by atoms with Gasteiger partial charge >= 0.3 is 5.97 Å². The number of nitrogens with two attached hydrogens (primary N) is 3. The van der Waals surface area contributed by atoms with Gasteiger partial charge in [0.25, 0.3) is 0 Å². The van der Waals surface area contributed by atoms with Crippen molar-refractivity contribution in [3.05, 3.63) is 108 Å². The lowest BCUT2D eigenvalue weighted by molar-refractivity contribution is -0.142. The predicted molar refractivity (Wildman–Crippen MR) is 167 cm³/mol. The maximum absolute atomic E-state index is 13.1. The number of carbonyl (C=O) groups is 3. The standard InChI is InChI=1S/C31H38N6O4S/c1-21(27(38)37-26(29(40)41)18-11-19-35-30(33)34)36-28(39)25(32)20-42-31(22-12-5-2-6-13-22,23-14-7-3-8-15-23)24-16-9-4-10-17-24/h2-10,12-17,21,25-26H,11,18-20,32H2,1H3,(H,36,39)(H,37,38)(H,40,41)(H4,33,34,35)/t21-,25-,26-/m1/s1. The Morgan fingerprint density at radius 1 is 0.833 bits per heavy atom. The molecule has 0 aliphatic heterocycles. The Kier molecular flexibility index (Phi) is 11.9. The number of amides is 2. The number of hydrogen-bond acceptors (Lipinski definition) is 6. The molecule has 0 aromatic heterocycles. The van der Waals surface area contributed by atoms with Gasteiger partial charge < -0.3 is 32.9 Å². The lowest BCUT2D eigenvalue weighted by Gasteiger charge is -2.36. The first-order valence-electron chi connectivity index (χ1n) is 13.6. The minimum absolute atomic E-state index is 0.0923. The molecule has 0 saturated carbocycles. The molecule has 222 valence electrons. The second-order valence-corrected chi connectivity index (χ2v) is 11.0. The van der Waals surface area contributed by atoms with Gasteiger partial charge in [0.1, 0.15) is 12.1 Å². The molecule has 0 unspecified atom stereocenters. The van der Waals surface area contributed by atoms with Crippen LogP contribution in [-0.4, -0.2) is 59.3 Å². The summed E-state index contributed by atoms with van der Waals surface area (Å²) in [6.07, 6.45) is 0.471. The molecule has 3 aromatic rings. The second-order valence-electron chi connectivity index (χ2n) is 9.78. The quantitative estimate of drug-likeness (QED) is 0.0673. The van der Waals surface area contributed by atoms with E-state index in [1.807, 2.05) is 54.6 Å². The number of rotatable bonds is 15. The summed E-state index contributed by atoms with van der Waals surface area (Å²) in [5.41, 5.74) is 20.0. The smallest absolute Gasteiger partial charge is 0.326 e. The van der Waals surface area contributed by atoms with Crippen LogP contribution in [0.15, 0.2) is 96.0 Å². The number of nitrogens with one attached hydrogen (secondary N) is 2. The van der Waals surface area contributed by atoms with Crippen molar-refractivity contribution in [3.8, 4) is 0 Å². The summed E-state index contributed by atoms with van der Waals surface area (Å²) in [6.45, 7) is 1.71. The van der Waals surface area contributed by atoms with E-state index in [0.29, 0.717) is 6.42 Å². The highest BCUT2D eigenvalue weighted by molar-refractivity contribution is 8.00. The van der Waals surface area contributed by atoms with Gasteiger partial charge in [0, 0.05) is 12.3 Å². The third kappa shape index (κ3) is 8.58. The Hall–Kier alpha value is -4.35. The van der Waals surface area contributed by atoms with Gasteiger partial charge in [-0.15, -0.1) is 11.8 Å². The third-order valence-corrected chi connectivity index (χ3v) is 8.33. The molecule has 0 radical (unpaired) electrons. The van der Waals surface area contributed by atoms with Crippen molar-refractivity contribution in [3.63, 3.8) is 0 Å². The van der Waals surface area contributed by atoms with Gasteiger partial charge in [-0.3, -0.25) is 14.6 Å². The maximum atomic E-state index is 13.1. The summed E-state index contributed by atoms with van der Waals surface area (Å²) in [5, 5.41) is 14.6. The molecule has 0 fully saturated rings. The molecule has 9 N–H and O–H groups in total. The van der Waals surface area contributed by atoms with E-state index in [1.165, 1.54) is 18.7 Å². The molecule has 10 nitrogen and oxygen atoms in total. The van der Waals surface area contributed by atoms with E-state index in [4.69, 9.17) is 17.2 Å². The SMILES string of the molecule is C[C@@H](NC(=O)[C@H](N)CSC(c1ccccc1)(c1ccccc1)c1ccccc1)C(=O)N[C@H](CCCN=C(N)N)C(=O)O. The molecular formula is C31H38N6O4S. The zero-order valence-electron chi connectivity index (χ0n) is 23.5. The van der Waals surface area contributed by atoms with E-state index in [-0.39, 0.29) is 24.7 Å². The monoisotopic (exact) mass is 590 g/mol. The van der Waals surface area contributed by atoms with E-state index in [0.717, 1.165) is 16.7 Å². The molecule has 3 rings (SSSR count). The van der Waals surface area contributed by atoms with Crippen molar-refractivity contribution in [1.29, 1.82) is 0 Å². The Bertz CT molecular complexity index is 1240. The van der Waals surface area contributed by atoms with E-state index >= 15 is 0 Å². The Labute approximate surface area is 250 Å². The summed E-state index contributed by atoms with van der Waals surface area (Å²) in [7, 11) is 0. The minimum Gasteiger partial charge on any atom is -0.480 e. The number of hydrogen-bond donors (Lipinski definition) is 6. The van der Waals surface area contributed by atoms with Crippen molar-refractivity contribution in [1.82, 2.24) is 10.6 Å². The average molecular weight is 591 g/mol. The van der Waals surface area contributed by atoms with Crippen LogP contribution < -0.4 is 27.8 Å². The van der Waals surface area contributed by atoms with Crippen LogP contribution in [0.3, 0.4) is 0 Å². The fourth-order valence-electron chi connectivity index (χ4n) is 4.50. The average Bonchev–Trinajstić information content (AvgIpc) is 3.00. The molecule has 0 aliphatic carbocycles. The zero-order valence-corrected chi connectivity index (χ0v) is 24.3. The molecule has 0 spiro atoms. The van der Waals surface area contributed by atoms with Crippen molar-refractivity contribution in [2.45, 2.75) is 42.6 Å². The summed E-state index contributed by atoms with van der Waals surface area (Å²) in [5.74, 6) is -2.21. The van der Waals surface area contributed by atoms with Crippen LogP contribution in [0.1, 0.15) is 36.5 Å². The van der Waals surface area contributed by atoms with Crippen molar-refractivity contribution < 1.29 is 19.5 Å². The van der Waals surface area contributed by atoms with Gasteiger partial charge in [-0.05, 0) is 36.5 Å². The normalized spacial score (nSPS) is 13.3. The first kappa shape index (κ1) is 32.2. The van der Waals surface area contributed by atoms with E-state index in [9.17, 15) is 19.5 Å². The number of thioether (sulfide) groups is 1. The number of guanidine groups is 1. The molecule has 3 atom stereocenters. The van der Waals surface area contributed by atoms with Crippen LogP contribution in [0.5, 0.6) is 0 Å². The number of carboxylic acid groups (broad SMARTS) is 1. The summed E-state index contributed by atoms with van der Waals surface area (Å²) >= 11 is 1.54. The van der Waals surface area contributed by atoms with Gasteiger partial charge in [0.15, 0.2) is 5.96 Å².